The van der Waals surface area contributed by atoms with Crippen molar-refractivity contribution in [1.29, 1.82) is 0 Å². The number of nitrogens with zero attached hydrogens (tertiary/aromatic N) is 3. The van der Waals surface area contributed by atoms with Gasteiger partial charge in [-0.1, -0.05) is 6.07 Å². The van der Waals surface area contributed by atoms with Crippen molar-refractivity contribution in [3.05, 3.63) is 52.9 Å². The lowest BCUT2D eigenvalue weighted by molar-refractivity contribution is -0.137. The van der Waals surface area contributed by atoms with Crippen LogP contribution in [-0.2, 0) is 16.9 Å². The smallest absolute Gasteiger partial charge is 0.305 e. The first-order valence-corrected chi connectivity index (χ1v) is 8.51. The topological polar surface area (TPSA) is 75.4 Å². The molecule has 0 aliphatic carbocycles. The van der Waals surface area contributed by atoms with E-state index in [1.165, 1.54) is 17.2 Å². The molecule has 1 heterocycles. The first-order chi connectivity index (χ1) is 12.5. The number of amides is 1. The minimum absolute atomic E-state index is 0.0382. The van der Waals surface area contributed by atoms with Gasteiger partial charge in [-0.2, -0.15) is 5.10 Å². The van der Waals surface area contributed by atoms with Crippen molar-refractivity contribution in [1.82, 2.24) is 14.7 Å². The standard InChI is InChI=1S/C19H23F2N3O3/c1-12-14(10-22-24(12)19(2,3)4)18(27)23(8-7-17(25)26)11-13-5-6-15(20)16(21)9-13/h5-6,9-10H,7-8,11H2,1-4H3,(H,25,26). The third kappa shape index (κ3) is 4.90. The van der Waals surface area contributed by atoms with Gasteiger partial charge in [0, 0.05) is 18.8 Å². The van der Waals surface area contributed by atoms with E-state index >= 15 is 0 Å². The van der Waals surface area contributed by atoms with Crippen LogP contribution < -0.4 is 0 Å². The van der Waals surface area contributed by atoms with Crippen molar-refractivity contribution in [2.45, 2.75) is 46.2 Å². The van der Waals surface area contributed by atoms with E-state index in [2.05, 4.69) is 5.10 Å². The van der Waals surface area contributed by atoms with Crippen LogP contribution in [0.3, 0.4) is 0 Å². The molecule has 2 aromatic rings. The highest BCUT2D eigenvalue weighted by molar-refractivity contribution is 5.95. The molecule has 1 aromatic carbocycles. The van der Waals surface area contributed by atoms with Crippen molar-refractivity contribution in [2.75, 3.05) is 6.54 Å². The average Bonchev–Trinajstić information content (AvgIpc) is 2.95. The van der Waals surface area contributed by atoms with E-state index in [1.54, 1.807) is 11.6 Å². The molecule has 27 heavy (non-hydrogen) atoms. The lowest BCUT2D eigenvalue weighted by atomic mass is 10.1. The minimum atomic E-state index is -1.06. The van der Waals surface area contributed by atoms with Crippen LogP contribution >= 0.6 is 0 Å². The van der Waals surface area contributed by atoms with Crippen molar-refractivity contribution in [3.8, 4) is 0 Å². The second-order valence-electron chi connectivity index (χ2n) is 7.35. The Kier molecular flexibility index (Phi) is 5.98. The van der Waals surface area contributed by atoms with E-state index in [1.807, 2.05) is 20.8 Å². The Morgan fingerprint density at radius 1 is 1.22 bits per heavy atom. The summed E-state index contributed by atoms with van der Waals surface area (Å²) in [7, 11) is 0. The maximum atomic E-state index is 13.5. The highest BCUT2D eigenvalue weighted by Gasteiger charge is 2.25. The quantitative estimate of drug-likeness (QED) is 0.835. The molecule has 146 valence electrons. The van der Waals surface area contributed by atoms with Gasteiger partial charge >= 0.3 is 5.97 Å². The normalized spacial score (nSPS) is 11.5. The third-order valence-corrected chi connectivity index (χ3v) is 4.12. The van der Waals surface area contributed by atoms with E-state index in [0.29, 0.717) is 16.8 Å². The van der Waals surface area contributed by atoms with Crippen molar-refractivity contribution in [3.63, 3.8) is 0 Å². The summed E-state index contributed by atoms with van der Waals surface area (Å²) in [5.41, 5.74) is 1.04. The highest BCUT2D eigenvalue weighted by Crippen LogP contribution is 2.21. The fraction of sp³-hybridized carbons (Fsp3) is 0.421. The molecule has 0 spiro atoms. The predicted molar refractivity (Wildman–Crippen MR) is 95.3 cm³/mol. The van der Waals surface area contributed by atoms with E-state index in [4.69, 9.17) is 5.11 Å². The van der Waals surface area contributed by atoms with Crippen LogP contribution in [0.15, 0.2) is 24.4 Å². The Labute approximate surface area is 156 Å². The van der Waals surface area contributed by atoms with E-state index in [9.17, 15) is 18.4 Å². The second-order valence-corrected chi connectivity index (χ2v) is 7.35. The van der Waals surface area contributed by atoms with Gasteiger partial charge < -0.3 is 10.0 Å². The lowest BCUT2D eigenvalue weighted by Gasteiger charge is -2.24. The molecule has 0 aliphatic heterocycles. The number of aromatic nitrogens is 2. The number of hydrogen-bond donors (Lipinski definition) is 1. The monoisotopic (exact) mass is 379 g/mol. The summed E-state index contributed by atoms with van der Waals surface area (Å²) < 4.78 is 28.3. The van der Waals surface area contributed by atoms with Crippen LogP contribution in [0.5, 0.6) is 0 Å². The molecule has 1 amide bonds. The Morgan fingerprint density at radius 3 is 2.41 bits per heavy atom. The summed E-state index contributed by atoms with van der Waals surface area (Å²) in [6.07, 6.45) is 1.18. The van der Waals surface area contributed by atoms with Gasteiger partial charge in [0.2, 0.25) is 0 Å². The molecule has 1 aromatic heterocycles. The zero-order valence-corrected chi connectivity index (χ0v) is 15.8. The molecular formula is C19H23F2N3O3. The maximum absolute atomic E-state index is 13.5. The summed E-state index contributed by atoms with van der Waals surface area (Å²) in [5, 5.41) is 13.2. The van der Waals surface area contributed by atoms with Crippen LogP contribution in [0.25, 0.3) is 0 Å². The molecule has 0 unspecified atom stereocenters. The van der Waals surface area contributed by atoms with E-state index < -0.39 is 23.5 Å². The van der Waals surface area contributed by atoms with Gasteiger partial charge in [-0.3, -0.25) is 14.3 Å². The molecule has 0 radical (unpaired) electrons. The number of halogens is 2. The van der Waals surface area contributed by atoms with Gasteiger partial charge in [0.1, 0.15) is 0 Å². The number of carboxylic acid groups (broad SMARTS) is 1. The van der Waals surface area contributed by atoms with E-state index in [0.717, 1.165) is 12.1 Å². The summed E-state index contributed by atoms with van der Waals surface area (Å²) in [5.74, 6) is -3.46. The molecule has 0 fully saturated rings. The van der Waals surface area contributed by atoms with Crippen molar-refractivity contribution >= 4 is 11.9 Å². The van der Waals surface area contributed by atoms with Crippen LogP contribution in [0, 0.1) is 18.6 Å². The summed E-state index contributed by atoms with van der Waals surface area (Å²) in [6.45, 7) is 7.51. The first-order valence-electron chi connectivity index (χ1n) is 8.51. The molecule has 6 nitrogen and oxygen atoms in total. The molecule has 0 bridgehead atoms. The number of carbonyl (C=O) groups is 2. The first kappa shape index (κ1) is 20.5. The van der Waals surface area contributed by atoms with Gasteiger partial charge in [0.15, 0.2) is 11.6 Å². The SMILES string of the molecule is Cc1c(C(=O)N(CCC(=O)O)Cc2ccc(F)c(F)c2)cnn1C(C)(C)C. The number of carboxylic acids is 1. The summed E-state index contributed by atoms with van der Waals surface area (Å²) >= 11 is 0. The Balaban J connectivity index is 2.32. The molecule has 0 atom stereocenters. The van der Waals surface area contributed by atoms with Crippen molar-refractivity contribution < 1.29 is 23.5 Å². The molecule has 0 aliphatic rings. The maximum Gasteiger partial charge on any atom is 0.305 e. The zero-order chi connectivity index (χ0) is 20.4. The number of rotatable bonds is 6. The predicted octanol–water partition coefficient (Wildman–Crippen LogP) is 3.34. The average molecular weight is 379 g/mol. The molecule has 8 heteroatoms. The fourth-order valence-electron chi connectivity index (χ4n) is 2.81. The summed E-state index contributed by atoms with van der Waals surface area (Å²) in [4.78, 5) is 25.2. The molecule has 2 rings (SSSR count). The van der Waals surface area contributed by atoms with Gasteiger partial charge in [0.25, 0.3) is 5.91 Å². The lowest BCUT2D eigenvalue weighted by Crippen LogP contribution is -2.33. The number of aliphatic carboxylic acids is 1. The zero-order valence-electron chi connectivity index (χ0n) is 15.8. The van der Waals surface area contributed by atoms with Gasteiger partial charge in [-0.15, -0.1) is 0 Å². The molecule has 0 saturated carbocycles. The summed E-state index contributed by atoms with van der Waals surface area (Å²) in [6, 6.07) is 3.35. The fourth-order valence-corrected chi connectivity index (χ4v) is 2.81. The number of carbonyl (C=O) groups excluding carboxylic acids is 1. The Morgan fingerprint density at radius 2 is 1.89 bits per heavy atom. The molecule has 1 N–H and O–H groups in total. The second kappa shape index (κ2) is 7.85. The van der Waals surface area contributed by atoms with Crippen LogP contribution in [0.2, 0.25) is 0 Å². The highest BCUT2D eigenvalue weighted by atomic mass is 19.2. The van der Waals surface area contributed by atoms with Gasteiger partial charge in [-0.05, 0) is 45.4 Å². The Hall–Kier alpha value is -2.77. The molecule has 0 saturated heterocycles. The van der Waals surface area contributed by atoms with Crippen LogP contribution in [0.1, 0.15) is 48.8 Å². The number of benzene rings is 1. The molecular weight excluding hydrogens is 356 g/mol. The van der Waals surface area contributed by atoms with Gasteiger partial charge in [0.05, 0.1) is 23.7 Å². The van der Waals surface area contributed by atoms with Crippen LogP contribution in [-0.4, -0.2) is 38.2 Å². The van der Waals surface area contributed by atoms with E-state index in [-0.39, 0.29) is 25.0 Å². The van der Waals surface area contributed by atoms with Crippen molar-refractivity contribution in [2.24, 2.45) is 0 Å². The number of hydrogen-bond acceptors (Lipinski definition) is 3. The van der Waals surface area contributed by atoms with Gasteiger partial charge in [-0.25, -0.2) is 8.78 Å². The van der Waals surface area contributed by atoms with Crippen LogP contribution in [0.4, 0.5) is 8.78 Å². The minimum Gasteiger partial charge on any atom is -0.481 e. The third-order valence-electron chi connectivity index (χ3n) is 4.12. The Bertz CT molecular complexity index is 856. The largest absolute Gasteiger partial charge is 0.481 e.